The first-order valence-corrected chi connectivity index (χ1v) is 12.4. The SMILES string of the molecule is [C-]#[N+]CC(CN1CCCN(C(=O)c2ccc(Cl)cc2Cl)CC1)n1cc(-c2ncnc3[nH]ccc23)cn1. The molecule has 9 nitrogen and oxygen atoms in total. The molecule has 1 fully saturated rings. The first-order valence-electron chi connectivity index (χ1n) is 11.7. The van der Waals surface area contributed by atoms with Crippen LogP contribution in [0.5, 0.6) is 0 Å². The van der Waals surface area contributed by atoms with E-state index in [0.717, 1.165) is 35.3 Å². The molecule has 36 heavy (non-hydrogen) atoms. The summed E-state index contributed by atoms with van der Waals surface area (Å²) in [5.74, 6) is -0.0890. The molecule has 0 radical (unpaired) electrons. The molecule has 1 unspecified atom stereocenters. The summed E-state index contributed by atoms with van der Waals surface area (Å²) in [4.78, 5) is 32.7. The lowest BCUT2D eigenvalue weighted by Crippen LogP contribution is -2.37. The number of benzene rings is 1. The van der Waals surface area contributed by atoms with Crippen molar-refractivity contribution in [1.82, 2.24) is 34.5 Å². The van der Waals surface area contributed by atoms with Crippen LogP contribution in [0.1, 0.15) is 22.8 Å². The number of nitrogens with zero attached hydrogens (tertiary/aromatic N) is 7. The maximum Gasteiger partial charge on any atom is 0.255 e. The highest BCUT2D eigenvalue weighted by molar-refractivity contribution is 6.36. The van der Waals surface area contributed by atoms with Crippen LogP contribution < -0.4 is 0 Å². The Morgan fingerprint density at radius 3 is 2.89 bits per heavy atom. The quantitative estimate of drug-likeness (QED) is 0.378. The van der Waals surface area contributed by atoms with Gasteiger partial charge in [-0.3, -0.25) is 14.4 Å². The van der Waals surface area contributed by atoms with Crippen molar-refractivity contribution in [3.05, 3.63) is 76.2 Å². The van der Waals surface area contributed by atoms with E-state index in [-0.39, 0.29) is 11.9 Å². The number of rotatable bonds is 6. The van der Waals surface area contributed by atoms with E-state index in [2.05, 4.69) is 29.8 Å². The number of amides is 1. The van der Waals surface area contributed by atoms with Gasteiger partial charge in [-0.15, -0.1) is 0 Å². The van der Waals surface area contributed by atoms with Crippen molar-refractivity contribution in [2.75, 3.05) is 39.3 Å². The van der Waals surface area contributed by atoms with Crippen molar-refractivity contribution >= 4 is 40.1 Å². The molecule has 1 aromatic carbocycles. The summed E-state index contributed by atoms with van der Waals surface area (Å²) in [6.45, 7) is 11.2. The Labute approximate surface area is 218 Å². The summed E-state index contributed by atoms with van der Waals surface area (Å²) in [5.41, 5.74) is 2.92. The molecule has 1 aliphatic heterocycles. The van der Waals surface area contributed by atoms with Gasteiger partial charge in [0.1, 0.15) is 18.0 Å². The average molecular weight is 523 g/mol. The summed E-state index contributed by atoms with van der Waals surface area (Å²) in [6.07, 6.45) is 7.93. The molecule has 4 heterocycles. The predicted molar refractivity (Wildman–Crippen MR) is 139 cm³/mol. The Bertz CT molecular complexity index is 1420. The number of hydrogen-bond acceptors (Lipinski definition) is 5. The van der Waals surface area contributed by atoms with Crippen LogP contribution in [0.15, 0.2) is 49.2 Å². The molecule has 4 aromatic rings. The molecule has 0 spiro atoms. The zero-order chi connectivity index (χ0) is 25.1. The Hall–Kier alpha value is -3.45. The van der Waals surface area contributed by atoms with E-state index in [9.17, 15) is 4.79 Å². The highest BCUT2D eigenvalue weighted by Gasteiger charge is 2.25. The van der Waals surface area contributed by atoms with Crippen LogP contribution in [0.3, 0.4) is 0 Å². The number of aromatic nitrogens is 5. The Balaban J connectivity index is 1.28. The Kier molecular flexibility index (Phi) is 7.18. The maximum absolute atomic E-state index is 13.1. The Morgan fingerprint density at radius 2 is 2.06 bits per heavy atom. The minimum Gasteiger partial charge on any atom is -0.346 e. The highest BCUT2D eigenvalue weighted by atomic mass is 35.5. The van der Waals surface area contributed by atoms with Crippen LogP contribution >= 0.6 is 23.2 Å². The zero-order valence-electron chi connectivity index (χ0n) is 19.4. The van der Waals surface area contributed by atoms with Crippen LogP contribution in [0.25, 0.3) is 27.1 Å². The van der Waals surface area contributed by atoms with Crippen LogP contribution in [-0.4, -0.2) is 79.7 Å². The number of carbonyl (C=O) groups excluding carboxylic acids is 1. The lowest BCUT2D eigenvalue weighted by Gasteiger charge is -2.24. The maximum atomic E-state index is 13.1. The molecule has 1 atom stereocenters. The molecule has 11 heteroatoms. The number of halogens is 2. The normalized spacial score (nSPS) is 15.5. The van der Waals surface area contributed by atoms with E-state index in [1.54, 1.807) is 24.4 Å². The van der Waals surface area contributed by atoms with E-state index in [1.807, 2.05) is 28.0 Å². The van der Waals surface area contributed by atoms with Crippen LogP contribution in [-0.2, 0) is 0 Å². The van der Waals surface area contributed by atoms with Crippen molar-refractivity contribution in [3.63, 3.8) is 0 Å². The smallest absolute Gasteiger partial charge is 0.255 e. The van der Waals surface area contributed by atoms with Gasteiger partial charge in [-0.1, -0.05) is 23.2 Å². The zero-order valence-corrected chi connectivity index (χ0v) is 21.0. The van der Waals surface area contributed by atoms with Gasteiger partial charge in [-0.05, 0) is 37.2 Å². The second-order valence-electron chi connectivity index (χ2n) is 8.74. The topological polar surface area (TPSA) is 87.3 Å². The van der Waals surface area contributed by atoms with Gasteiger partial charge in [-0.2, -0.15) is 5.10 Å². The third-order valence-electron chi connectivity index (χ3n) is 6.41. The number of aromatic amines is 1. The number of fused-ring (bicyclic) bond motifs is 1. The fourth-order valence-electron chi connectivity index (χ4n) is 4.58. The minimum absolute atomic E-state index is 0.0890. The van der Waals surface area contributed by atoms with Crippen molar-refractivity contribution < 1.29 is 4.79 Å². The second-order valence-corrected chi connectivity index (χ2v) is 9.58. The fraction of sp³-hybridized carbons (Fsp3) is 0.320. The van der Waals surface area contributed by atoms with Crippen LogP contribution in [0, 0.1) is 6.57 Å². The monoisotopic (exact) mass is 522 g/mol. The number of H-pyrrole nitrogens is 1. The first-order chi connectivity index (χ1) is 17.5. The molecule has 1 amide bonds. The highest BCUT2D eigenvalue weighted by Crippen LogP contribution is 2.26. The summed E-state index contributed by atoms with van der Waals surface area (Å²) < 4.78 is 1.86. The molecule has 0 aliphatic carbocycles. The van der Waals surface area contributed by atoms with E-state index in [0.29, 0.717) is 48.3 Å². The first kappa shape index (κ1) is 24.3. The van der Waals surface area contributed by atoms with Crippen LogP contribution in [0.2, 0.25) is 10.0 Å². The van der Waals surface area contributed by atoms with Crippen molar-refractivity contribution in [1.29, 1.82) is 0 Å². The molecular formula is C25H24Cl2N8O. The van der Waals surface area contributed by atoms with Gasteiger partial charge in [0.15, 0.2) is 0 Å². The van der Waals surface area contributed by atoms with Crippen molar-refractivity contribution in [2.24, 2.45) is 0 Å². The lowest BCUT2D eigenvalue weighted by molar-refractivity contribution is 0.0761. The average Bonchev–Trinajstić information content (AvgIpc) is 3.49. The summed E-state index contributed by atoms with van der Waals surface area (Å²) in [7, 11) is 0. The van der Waals surface area contributed by atoms with Crippen molar-refractivity contribution in [2.45, 2.75) is 12.5 Å². The van der Waals surface area contributed by atoms with Gasteiger partial charge in [0.2, 0.25) is 6.54 Å². The summed E-state index contributed by atoms with van der Waals surface area (Å²) >= 11 is 12.2. The van der Waals surface area contributed by atoms with E-state index in [4.69, 9.17) is 29.8 Å². The third kappa shape index (κ3) is 5.07. The lowest BCUT2D eigenvalue weighted by atomic mass is 10.2. The second kappa shape index (κ2) is 10.7. The molecule has 5 rings (SSSR count). The fourth-order valence-corrected chi connectivity index (χ4v) is 5.07. The molecule has 184 valence electrons. The molecule has 3 aromatic heterocycles. The van der Waals surface area contributed by atoms with Gasteiger partial charge >= 0.3 is 0 Å². The van der Waals surface area contributed by atoms with Crippen LogP contribution in [0.4, 0.5) is 0 Å². The van der Waals surface area contributed by atoms with Gasteiger partial charge in [0.05, 0.1) is 22.5 Å². The summed E-state index contributed by atoms with van der Waals surface area (Å²) in [6, 6.07) is 6.78. The summed E-state index contributed by atoms with van der Waals surface area (Å²) in [5, 5.41) is 6.37. The largest absolute Gasteiger partial charge is 0.346 e. The van der Waals surface area contributed by atoms with Gasteiger partial charge in [-0.25, -0.2) is 16.5 Å². The number of nitrogens with one attached hydrogen (secondary N) is 1. The van der Waals surface area contributed by atoms with Gasteiger partial charge in [0, 0.05) is 54.5 Å². The van der Waals surface area contributed by atoms with E-state index < -0.39 is 0 Å². The van der Waals surface area contributed by atoms with E-state index >= 15 is 0 Å². The molecular weight excluding hydrogens is 499 g/mol. The predicted octanol–water partition coefficient (Wildman–Crippen LogP) is 4.44. The van der Waals surface area contributed by atoms with E-state index in [1.165, 1.54) is 6.33 Å². The molecule has 1 saturated heterocycles. The third-order valence-corrected chi connectivity index (χ3v) is 6.96. The Morgan fingerprint density at radius 1 is 1.17 bits per heavy atom. The molecule has 1 N–H and O–H groups in total. The molecule has 0 saturated carbocycles. The molecule has 0 bridgehead atoms. The number of hydrogen-bond donors (Lipinski definition) is 1. The van der Waals surface area contributed by atoms with Gasteiger partial charge in [0.25, 0.3) is 5.91 Å². The minimum atomic E-state index is -0.118. The number of carbonyl (C=O) groups is 1. The van der Waals surface area contributed by atoms with Gasteiger partial charge < -0.3 is 14.7 Å². The van der Waals surface area contributed by atoms with Crippen molar-refractivity contribution in [3.8, 4) is 11.3 Å². The molecule has 1 aliphatic rings. The standard InChI is InChI=1S/C25H24Cl2N8O/c1-28-13-19(35-14-17(12-32-35)23-21-5-6-29-24(21)31-16-30-23)15-33-7-2-8-34(10-9-33)25(36)20-4-3-18(26)11-22(20)27/h3-6,11-12,14,16,19H,2,7-10,13,15H2,(H,29,30,31).